The van der Waals surface area contributed by atoms with Crippen molar-refractivity contribution in [2.24, 2.45) is 0 Å². The number of halogens is 2. The first-order chi connectivity index (χ1) is 9.97. The lowest BCUT2D eigenvalue weighted by atomic mass is 10.3. The number of rotatable bonds is 5. The Hall–Kier alpha value is -1.88. The summed E-state index contributed by atoms with van der Waals surface area (Å²) >= 11 is 5.77. The van der Waals surface area contributed by atoms with Gasteiger partial charge in [0.05, 0.1) is 5.02 Å². The molecule has 4 nitrogen and oxygen atoms in total. The minimum atomic E-state index is -0.444. The quantitative estimate of drug-likeness (QED) is 0.852. The number of nitrogens with zero attached hydrogens (tertiary/aromatic N) is 2. The lowest BCUT2D eigenvalue weighted by Crippen LogP contribution is -2.16. The second-order valence-corrected chi connectivity index (χ2v) is 5.33. The van der Waals surface area contributed by atoms with Crippen molar-refractivity contribution >= 4 is 29.1 Å². The van der Waals surface area contributed by atoms with Gasteiger partial charge < -0.3 is 10.6 Å². The van der Waals surface area contributed by atoms with Crippen molar-refractivity contribution < 1.29 is 4.39 Å². The van der Waals surface area contributed by atoms with Crippen LogP contribution in [0.3, 0.4) is 0 Å². The zero-order valence-corrected chi connectivity index (χ0v) is 13.0. The van der Waals surface area contributed by atoms with Gasteiger partial charge in [-0.05, 0) is 38.5 Å². The lowest BCUT2D eigenvalue weighted by Gasteiger charge is -2.13. The Bertz CT molecular complexity index is 633. The highest BCUT2D eigenvalue weighted by Crippen LogP contribution is 2.22. The average molecular weight is 309 g/mol. The van der Waals surface area contributed by atoms with E-state index >= 15 is 0 Å². The Morgan fingerprint density at radius 1 is 1.29 bits per heavy atom. The molecule has 2 N–H and O–H groups in total. The summed E-state index contributed by atoms with van der Waals surface area (Å²) in [5, 5.41) is 6.41. The molecule has 0 saturated carbocycles. The molecule has 2 rings (SSSR count). The molecule has 1 heterocycles. The minimum absolute atomic E-state index is 0.0729. The fraction of sp³-hybridized carbons (Fsp3) is 0.333. The summed E-state index contributed by atoms with van der Waals surface area (Å²) in [7, 11) is 0. The van der Waals surface area contributed by atoms with Gasteiger partial charge in [-0.25, -0.2) is 9.37 Å². The third-order valence-electron chi connectivity index (χ3n) is 3.03. The molecule has 0 bridgehead atoms. The van der Waals surface area contributed by atoms with E-state index in [1.54, 1.807) is 6.07 Å². The Kier molecular flexibility index (Phi) is 4.96. The molecule has 112 valence electrons. The molecule has 0 spiro atoms. The van der Waals surface area contributed by atoms with E-state index in [0.29, 0.717) is 23.5 Å². The van der Waals surface area contributed by atoms with Crippen LogP contribution in [-0.4, -0.2) is 16.0 Å². The van der Waals surface area contributed by atoms with Gasteiger partial charge in [-0.2, -0.15) is 4.98 Å². The van der Waals surface area contributed by atoms with E-state index in [1.807, 2.05) is 13.0 Å². The Labute approximate surface area is 128 Å². The van der Waals surface area contributed by atoms with Crippen LogP contribution in [-0.2, 0) is 0 Å². The molecule has 0 fully saturated rings. The third-order valence-corrected chi connectivity index (χ3v) is 3.32. The van der Waals surface area contributed by atoms with Crippen molar-refractivity contribution in [3.05, 3.63) is 40.8 Å². The van der Waals surface area contributed by atoms with Gasteiger partial charge >= 0.3 is 0 Å². The molecule has 0 radical (unpaired) electrons. The van der Waals surface area contributed by atoms with Crippen LogP contribution < -0.4 is 10.6 Å². The van der Waals surface area contributed by atoms with Crippen LogP contribution in [0.25, 0.3) is 0 Å². The van der Waals surface area contributed by atoms with Gasteiger partial charge in [-0.3, -0.25) is 0 Å². The van der Waals surface area contributed by atoms with Gasteiger partial charge in [0.15, 0.2) is 0 Å². The van der Waals surface area contributed by atoms with Crippen molar-refractivity contribution in [1.29, 1.82) is 0 Å². The molecule has 0 amide bonds. The van der Waals surface area contributed by atoms with E-state index in [-0.39, 0.29) is 5.02 Å². The fourth-order valence-corrected chi connectivity index (χ4v) is 1.92. The highest BCUT2D eigenvalue weighted by Gasteiger charge is 2.06. The van der Waals surface area contributed by atoms with Crippen LogP contribution in [0.1, 0.15) is 26.0 Å². The summed E-state index contributed by atoms with van der Waals surface area (Å²) in [5.41, 5.74) is 1.51. The smallest absolute Gasteiger partial charge is 0.225 e. The second kappa shape index (κ2) is 6.72. The SMILES string of the molecule is CCC(C)Nc1nc(C)cc(Nc2ccc(F)c(Cl)c2)n1. The minimum Gasteiger partial charge on any atom is -0.352 e. The summed E-state index contributed by atoms with van der Waals surface area (Å²) in [6.07, 6.45) is 0.980. The number of nitrogens with one attached hydrogen (secondary N) is 2. The van der Waals surface area contributed by atoms with E-state index in [1.165, 1.54) is 12.1 Å². The number of aryl methyl sites for hydroxylation is 1. The van der Waals surface area contributed by atoms with E-state index < -0.39 is 5.82 Å². The molecule has 0 aliphatic heterocycles. The van der Waals surface area contributed by atoms with Gasteiger partial charge in [0.1, 0.15) is 11.6 Å². The van der Waals surface area contributed by atoms with Crippen molar-refractivity contribution in [2.45, 2.75) is 33.2 Å². The summed E-state index contributed by atoms with van der Waals surface area (Å²) in [6, 6.07) is 6.56. The van der Waals surface area contributed by atoms with Crippen molar-refractivity contribution in [2.75, 3.05) is 10.6 Å². The van der Waals surface area contributed by atoms with Crippen molar-refractivity contribution in [3.8, 4) is 0 Å². The first kappa shape index (κ1) is 15.5. The van der Waals surface area contributed by atoms with E-state index in [2.05, 4.69) is 34.4 Å². The van der Waals surface area contributed by atoms with E-state index in [4.69, 9.17) is 11.6 Å². The normalized spacial score (nSPS) is 12.0. The molecule has 1 unspecified atom stereocenters. The Balaban J connectivity index is 2.21. The molecule has 0 aliphatic carbocycles. The molecule has 0 aliphatic rings. The molecule has 21 heavy (non-hydrogen) atoms. The standard InChI is InChI=1S/C15H18ClFN4/c1-4-9(2)18-15-19-10(3)7-14(21-15)20-11-5-6-13(17)12(16)8-11/h5-9H,4H2,1-3H3,(H2,18,19,20,21). The number of benzene rings is 1. The van der Waals surface area contributed by atoms with E-state index in [0.717, 1.165) is 12.1 Å². The van der Waals surface area contributed by atoms with Crippen LogP contribution in [0.2, 0.25) is 5.02 Å². The molecule has 2 aromatic rings. The van der Waals surface area contributed by atoms with Gasteiger partial charge in [0, 0.05) is 23.5 Å². The predicted molar refractivity (Wildman–Crippen MR) is 84.8 cm³/mol. The molecular formula is C15H18ClFN4. The van der Waals surface area contributed by atoms with E-state index in [9.17, 15) is 4.39 Å². The number of hydrogen-bond acceptors (Lipinski definition) is 4. The summed E-state index contributed by atoms with van der Waals surface area (Å²) < 4.78 is 13.2. The highest BCUT2D eigenvalue weighted by atomic mass is 35.5. The zero-order valence-electron chi connectivity index (χ0n) is 12.2. The summed E-state index contributed by atoms with van der Waals surface area (Å²) in [4.78, 5) is 8.75. The molecule has 1 aromatic carbocycles. The van der Waals surface area contributed by atoms with Crippen molar-refractivity contribution in [3.63, 3.8) is 0 Å². The van der Waals surface area contributed by atoms with Crippen LogP contribution in [0, 0.1) is 12.7 Å². The van der Waals surface area contributed by atoms with Crippen LogP contribution in [0.15, 0.2) is 24.3 Å². The maximum absolute atomic E-state index is 13.2. The molecule has 6 heteroatoms. The summed E-state index contributed by atoms with van der Waals surface area (Å²) in [6.45, 7) is 6.05. The van der Waals surface area contributed by atoms with Crippen molar-refractivity contribution in [1.82, 2.24) is 9.97 Å². The molecule has 1 aromatic heterocycles. The van der Waals surface area contributed by atoms with Gasteiger partial charge in [0.25, 0.3) is 0 Å². The maximum Gasteiger partial charge on any atom is 0.225 e. The second-order valence-electron chi connectivity index (χ2n) is 4.93. The van der Waals surface area contributed by atoms with Crippen LogP contribution in [0.4, 0.5) is 21.8 Å². The zero-order chi connectivity index (χ0) is 15.4. The predicted octanol–water partition coefficient (Wildman–Crippen LogP) is 4.53. The monoisotopic (exact) mass is 308 g/mol. The first-order valence-electron chi connectivity index (χ1n) is 6.82. The topological polar surface area (TPSA) is 49.8 Å². The molecule has 0 saturated heterocycles. The number of aromatic nitrogens is 2. The number of hydrogen-bond donors (Lipinski definition) is 2. The Morgan fingerprint density at radius 3 is 2.71 bits per heavy atom. The highest BCUT2D eigenvalue weighted by molar-refractivity contribution is 6.31. The lowest BCUT2D eigenvalue weighted by molar-refractivity contribution is 0.628. The molecule has 1 atom stereocenters. The maximum atomic E-state index is 13.2. The largest absolute Gasteiger partial charge is 0.352 e. The third kappa shape index (κ3) is 4.29. The van der Waals surface area contributed by atoms with Gasteiger partial charge in [-0.15, -0.1) is 0 Å². The average Bonchev–Trinajstić information content (AvgIpc) is 2.42. The van der Waals surface area contributed by atoms with Gasteiger partial charge in [-0.1, -0.05) is 18.5 Å². The molecular weight excluding hydrogens is 291 g/mol. The fourth-order valence-electron chi connectivity index (χ4n) is 1.74. The first-order valence-corrected chi connectivity index (χ1v) is 7.20. The van der Waals surface area contributed by atoms with Crippen LogP contribution in [0.5, 0.6) is 0 Å². The summed E-state index contributed by atoms with van der Waals surface area (Å²) in [5.74, 6) is 0.760. The van der Waals surface area contributed by atoms with Crippen LogP contribution >= 0.6 is 11.6 Å². The Morgan fingerprint density at radius 2 is 2.05 bits per heavy atom. The van der Waals surface area contributed by atoms with Gasteiger partial charge in [0.2, 0.25) is 5.95 Å². The number of anilines is 3.